The normalized spacial score (nSPS) is 20.2. The molecule has 1 aliphatic carbocycles. The standard InChI is InChI=1S/C23H26O3/c1-4-25-21-14-15-23(3,22(24)17(21)2)19-10-12-20(13-11-19)26-16-18-8-6-5-7-9-18/h5-13H,4,14-16H2,1-3H3. The summed E-state index contributed by atoms with van der Waals surface area (Å²) in [5, 5.41) is 0. The van der Waals surface area contributed by atoms with Crippen molar-refractivity contribution in [1.29, 1.82) is 0 Å². The van der Waals surface area contributed by atoms with Crippen molar-refractivity contribution in [1.82, 2.24) is 0 Å². The molecule has 2 aromatic rings. The van der Waals surface area contributed by atoms with Gasteiger partial charge in [-0.3, -0.25) is 4.79 Å². The lowest BCUT2D eigenvalue weighted by molar-refractivity contribution is -0.121. The molecule has 136 valence electrons. The molecule has 0 saturated heterocycles. The van der Waals surface area contributed by atoms with Crippen molar-refractivity contribution >= 4 is 5.78 Å². The molecule has 2 aromatic carbocycles. The van der Waals surface area contributed by atoms with Crippen LogP contribution in [0.1, 0.15) is 44.7 Å². The number of hydrogen-bond acceptors (Lipinski definition) is 3. The zero-order valence-corrected chi connectivity index (χ0v) is 15.7. The predicted molar refractivity (Wildman–Crippen MR) is 103 cm³/mol. The summed E-state index contributed by atoms with van der Waals surface area (Å²) in [6.07, 6.45) is 1.57. The lowest BCUT2D eigenvalue weighted by atomic mass is 9.69. The number of Topliss-reactive ketones (excluding diaryl/α,β-unsaturated/α-hetero) is 1. The summed E-state index contributed by atoms with van der Waals surface area (Å²) in [5.74, 6) is 1.81. The van der Waals surface area contributed by atoms with E-state index in [9.17, 15) is 4.79 Å². The van der Waals surface area contributed by atoms with Gasteiger partial charge in [-0.05, 0) is 50.5 Å². The second-order valence-electron chi connectivity index (χ2n) is 6.94. The molecule has 1 atom stereocenters. The largest absolute Gasteiger partial charge is 0.498 e. The van der Waals surface area contributed by atoms with Crippen molar-refractivity contribution in [2.45, 2.75) is 45.6 Å². The summed E-state index contributed by atoms with van der Waals surface area (Å²) in [6.45, 7) is 7.00. The first kappa shape index (κ1) is 18.2. The second-order valence-corrected chi connectivity index (χ2v) is 6.94. The molecule has 0 aromatic heterocycles. The van der Waals surface area contributed by atoms with E-state index in [1.165, 1.54) is 0 Å². The predicted octanol–water partition coefficient (Wildman–Crippen LogP) is 5.20. The average molecular weight is 350 g/mol. The van der Waals surface area contributed by atoms with Gasteiger partial charge in [0.2, 0.25) is 0 Å². The Kier molecular flexibility index (Phi) is 5.46. The highest BCUT2D eigenvalue weighted by Crippen LogP contribution is 2.39. The molecule has 3 rings (SSSR count). The maximum absolute atomic E-state index is 13.0. The number of rotatable bonds is 6. The highest BCUT2D eigenvalue weighted by molar-refractivity contribution is 6.04. The number of ketones is 1. The van der Waals surface area contributed by atoms with Crippen LogP contribution in [0.15, 0.2) is 65.9 Å². The fourth-order valence-corrected chi connectivity index (χ4v) is 3.50. The zero-order chi connectivity index (χ0) is 18.6. The molecule has 3 heteroatoms. The van der Waals surface area contributed by atoms with Gasteiger partial charge >= 0.3 is 0 Å². The third-order valence-corrected chi connectivity index (χ3v) is 5.17. The average Bonchev–Trinajstić information content (AvgIpc) is 2.68. The molecular formula is C23H26O3. The zero-order valence-electron chi connectivity index (χ0n) is 15.7. The number of ether oxygens (including phenoxy) is 2. The summed E-state index contributed by atoms with van der Waals surface area (Å²) >= 11 is 0. The van der Waals surface area contributed by atoms with E-state index in [2.05, 4.69) is 0 Å². The quantitative estimate of drug-likeness (QED) is 0.718. The van der Waals surface area contributed by atoms with Gasteiger partial charge in [-0.15, -0.1) is 0 Å². The third-order valence-electron chi connectivity index (χ3n) is 5.17. The SMILES string of the molecule is CCOC1=C(C)C(=O)C(C)(c2ccc(OCc3ccccc3)cc2)CC1. The van der Waals surface area contributed by atoms with Crippen molar-refractivity contribution in [2.24, 2.45) is 0 Å². The monoisotopic (exact) mass is 350 g/mol. The van der Waals surface area contributed by atoms with Crippen molar-refractivity contribution in [3.05, 3.63) is 77.1 Å². The van der Waals surface area contributed by atoms with Gasteiger partial charge in [-0.25, -0.2) is 0 Å². The molecule has 0 saturated carbocycles. The number of carbonyl (C=O) groups excluding carboxylic acids is 1. The highest BCUT2D eigenvalue weighted by Gasteiger charge is 2.40. The third kappa shape index (κ3) is 3.67. The van der Waals surface area contributed by atoms with Crippen molar-refractivity contribution < 1.29 is 14.3 Å². The van der Waals surface area contributed by atoms with Crippen LogP contribution in [0.3, 0.4) is 0 Å². The number of allylic oxidation sites excluding steroid dienone is 2. The van der Waals surface area contributed by atoms with Crippen LogP contribution < -0.4 is 4.74 Å². The summed E-state index contributed by atoms with van der Waals surface area (Å²) < 4.78 is 11.5. The highest BCUT2D eigenvalue weighted by atomic mass is 16.5. The summed E-state index contributed by atoms with van der Waals surface area (Å²) in [4.78, 5) is 13.0. The maximum atomic E-state index is 13.0. The second kappa shape index (κ2) is 7.77. The van der Waals surface area contributed by atoms with E-state index in [4.69, 9.17) is 9.47 Å². The molecule has 0 amide bonds. The fourth-order valence-electron chi connectivity index (χ4n) is 3.50. The Balaban J connectivity index is 1.73. The van der Waals surface area contributed by atoms with E-state index in [1.54, 1.807) is 0 Å². The van der Waals surface area contributed by atoms with E-state index < -0.39 is 5.41 Å². The van der Waals surface area contributed by atoms with Gasteiger partial charge < -0.3 is 9.47 Å². The Morgan fingerprint density at radius 1 is 1.00 bits per heavy atom. The van der Waals surface area contributed by atoms with Crippen LogP contribution in [-0.4, -0.2) is 12.4 Å². The first-order valence-corrected chi connectivity index (χ1v) is 9.19. The van der Waals surface area contributed by atoms with E-state index in [1.807, 2.05) is 75.4 Å². The molecule has 0 aliphatic heterocycles. The van der Waals surface area contributed by atoms with Crippen molar-refractivity contribution in [3.8, 4) is 5.75 Å². The van der Waals surface area contributed by atoms with Gasteiger partial charge in [-0.1, -0.05) is 42.5 Å². The minimum Gasteiger partial charge on any atom is -0.498 e. The van der Waals surface area contributed by atoms with Crippen molar-refractivity contribution in [2.75, 3.05) is 6.61 Å². The molecule has 0 spiro atoms. The maximum Gasteiger partial charge on any atom is 0.172 e. The minimum absolute atomic E-state index is 0.158. The van der Waals surface area contributed by atoms with Gasteiger partial charge in [0.25, 0.3) is 0 Å². The van der Waals surface area contributed by atoms with Gasteiger partial charge in [0.1, 0.15) is 18.1 Å². The fraction of sp³-hybridized carbons (Fsp3) is 0.348. The van der Waals surface area contributed by atoms with Gasteiger partial charge in [0.05, 0.1) is 12.0 Å². The number of hydrogen-bond donors (Lipinski definition) is 0. The van der Waals surface area contributed by atoms with Crippen LogP contribution in [0.4, 0.5) is 0 Å². The van der Waals surface area contributed by atoms with Crippen LogP contribution >= 0.6 is 0 Å². The molecule has 0 radical (unpaired) electrons. The molecule has 1 unspecified atom stereocenters. The molecule has 1 aliphatic rings. The van der Waals surface area contributed by atoms with Gasteiger partial charge in [-0.2, -0.15) is 0 Å². The Hall–Kier alpha value is -2.55. The number of benzene rings is 2. The molecule has 26 heavy (non-hydrogen) atoms. The van der Waals surface area contributed by atoms with E-state index in [-0.39, 0.29) is 5.78 Å². The smallest absolute Gasteiger partial charge is 0.172 e. The Morgan fingerprint density at radius 3 is 2.35 bits per heavy atom. The van der Waals surface area contributed by atoms with Gasteiger partial charge in [0.15, 0.2) is 5.78 Å². The molecular weight excluding hydrogens is 324 g/mol. The van der Waals surface area contributed by atoms with E-state index >= 15 is 0 Å². The first-order valence-electron chi connectivity index (χ1n) is 9.19. The molecule has 0 heterocycles. The van der Waals surface area contributed by atoms with Crippen LogP contribution in [0.2, 0.25) is 0 Å². The Morgan fingerprint density at radius 2 is 1.69 bits per heavy atom. The van der Waals surface area contributed by atoms with E-state index in [0.717, 1.165) is 41.1 Å². The van der Waals surface area contributed by atoms with Gasteiger partial charge in [0, 0.05) is 12.0 Å². The van der Waals surface area contributed by atoms with Crippen molar-refractivity contribution in [3.63, 3.8) is 0 Å². The van der Waals surface area contributed by atoms with Crippen LogP contribution in [0.5, 0.6) is 5.75 Å². The van der Waals surface area contributed by atoms with Crippen LogP contribution in [0.25, 0.3) is 0 Å². The Labute approximate surface area is 155 Å². The minimum atomic E-state index is -0.497. The first-order chi connectivity index (χ1) is 12.5. The summed E-state index contributed by atoms with van der Waals surface area (Å²) in [5.41, 5.74) is 2.42. The molecule has 0 N–H and O–H groups in total. The Bertz CT molecular complexity index is 790. The molecule has 0 bridgehead atoms. The summed E-state index contributed by atoms with van der Waals surface area (Å²) in [7, 11) is 0. The van der Waals surface area contributed by atoms with Crippen LogP contribution in [0, 0.1) is 0 Å². The topological polar surface area (TPSA) is 35.5 Å². The van der Waals surface area contributed by atoms with E-state index in [0.29, 0.717) is 13.2 Å². The summed E-state index contributed by atoms with van der Waals surface area (Å²) in [6, 6.07) is 18.0. The lowest BCUT2D eigenvalue weighted by Gasteiger charge is -2.34. The molecule has 3 nitrogen and oxygen atoms in total. The lowest BCUT2D eigenvalue weighted by Crippen LogP contribution is -2.37. The van der Waals surface area contributed by atoms with Crippen LogP contribution in [-0.2, 0) is 21.6 Å². The number of carbonyl (C=O) groups is 1. The molecule has 0 fully saturated rings.